The zero-order chi connectivity index (χ0) is 24.1. The van der Waals surface area contributed by atoms with E-state index in [4.69, 9.17) is 4.74 Å². The van der Waals surface area contributed by atoms with Gasteiger partial charge in [-0.3, -0.25) is 19.7 Å². The highest BCUT2D eigenvalue weighted by Crippen LogP contribution is 2.30. The lowest BCUT2D eigenvalue weighted by molar-refractivity contribution is -0.383. The first-order valence-corrected chi connectivity index (χ1v) is 11.0. The monoisotopic (exact) mass is 459 g/mol. The first-order chi connectivity index (χ1) is 16.5. The molecule has 0 spiro atoms. The molecule has 174 valence electrons. The van der Waals surface area contributed by atoms with E-state index in [0.717, 1.165) is 0 Å². The number of anilines is 2. The van der Waals surface area contributed by atoms with Crippen molar-refractivity contribution in [2.45, 2.75) is 12.8 Å². The summed E-state index contributed by atoms with van der Waals surface area (Å²) in [4.78, 5) is 38.7. The van der Waals surface area contributed by atoms with Crippen LogP contribution in [0, 0.1) is 16.0 Å². The minimum absolute atomic E-state index is 0.0572. The fourth-order valence-electron chi connectivity index (χ4n) is 4.12. The van der Waals surface area contributed by atoms with Crippen LogP contribution in [0.2, 0.25) is 0 Å². The molecule has 1 saturated heterocycles. The molecular weight excluding hydrogens is 434 g/mol. The van der Waals surface area contributed by atoms with Crippen LogP contribution in [0.4, 0.5) is 17.1 Å². The SMILES string of the molecule is COc1ccc(C(=O)C2CCN(C(=O)c3ccc(Nc4ccccc4)c([N+](=O)[O-])c3)CC2)cc1. The number of hydrogen-bond donors (Lipinski definition) is 1. The van der Waals surface area contributed by atoms with Crippen molar-refractivity contribution in [2.75, 3.05) is 25.5 Å². The molecule has 0 saturated carbocycles. The van der Waals surface area contributed by atoms with Gasteiger partial charge in [-0.25, -0.2) is 0 Å². The topological polar surface area (TPSA) is 102 Å². The fourth-order valence-corrected chi connectivity index (χ4v) is 4.12. The average Bonchev–Trinajstić information content (AvgIpc) is 2.88. The van der Waals surface area contributed by atoms with E-state index < -0.39 is 4.92 Å². The van der Waals surface area contributed by atoms with Gasteiger partial charge >= 0.3 is 0 Å². The number of nitrogens with zero attached hydrogens (tertiary/aromatic N) is 2. The second-order valence-corrected chi connectivity index (χ2v) is 8.14. The number of hydrogen-bond acceptors (Lipinski definition) is 6. The molecule has 8 nitrogen and oxygen atoms in total. The van der Waals surface area contributed by atoms with Gasteiger partial charge in [-0.2, -0.15) is 0 Å². The van der Waals surface area contributed by atoms with Crippen LogP contribution in [-0.4, -0.2) is 41.7 Å². The van der Waals surface area contributed by atoms with Gasteiger partial charge in [0.15, 0.2) is 5.78 Å². The summed E-state index contributed by atoms with van der Waals surface area (Å²) in [6.45, 7) is 0.840. The largest absolute Gasteiger partial charge is 0.497 e. The van der Waals surface area contributed by atoms with Crippen molar-refractivity contribution in [2.24, 2.45) is 5.92 Å². The predicted molar refractivity (Wildman–Crippen MR) is 129 cm³/mol. The molecule has 1 fully saturated rings. The molecule has 0 bridgehead atoms. The third-order valence-corrected chi connectivity index (χ3v) is 6.02. The Kier molecular flexibility index (Phi) is 6.87. The highest BCUT2D eigenvalue weighted by molar-refractivity contribution is 5.99. The summed E-state index contributed by atoms with van der Waals surface area (Å²) >= 11 is 0. The molecule has 0 unspecified atom stereocenters. The minimum Gasteiger partial charge on any atom is -0.497 e. The number of rotatable bonds is 7. The summed E-state index contributed by atoms with van der Waals surface area (Å²) in [7, 11) is 1.57. The number of likely N-dealkylation sites (tertiary alicyclic amines) is 1. The second kappa shape index (κ2) is 10.2. The Morgan fingerprint density at radius 2 is 1.62 bits per heavy atom. The van der Waals surface area contributed by atoms with Crippen LogP contribution in [0.1, 0.15) is 33.6 Å². The Bertz CT molecular complexity index is 1190. The van der Waals surface area contributed by atoms with Gasteiger partial charge in [0.2, 0.25) is 0 Å². The lowest BCUT2D eigenvalue weighted by atomic mass is 9.88. The molecule has 1 N–H and O–H groups in total. The highest BCUT2D eigenvalue weighted by Gasteiger charge is 2.29. The maximum absolute atomic E-state index is 13.0. The van der Waals surface area contributed by atoms with Crippen molar-refractivity contribution in [1.29, 1.82) is 0 Å². The van der Waals surface area contributed by atoms with Gasteiger partial charge in [0, 0.05) is 41.9 Å². The molecule has 1 aliphatic rings. The zero-order valence-electron chi connectivity index (χ0n) is 18.8. The van der Waals surface area contributed by atoms with Gasteiger partial charge in [0.05, 0.1) is 12.0 Å². The molecule has 0 radical (unpaired) electrons. The van der Waals surface area contributed by atoms with E-state index in [9.17, 15) is 19.7 Å². The number of methoxy groups -OCH3 is 1. The summed E-state index contributed by atoms with van der Waals surface area (Å²) in [5.41, 5.74) is 1.75. The summed E-state index contributed by atoms with van der Waals surface area (Å²) < 4.78 is 5.14. The minimum atomic E-state index is -0.498. The van der Waals surface area contributed by atoms with Crippen molar-refractivity contribution in [3.05, 3.63) is 94.0 Å². The number of para-hydroxylation sites is 1. The molecular formula is C26H25N3O5. The lowest BCUT2D eigenvalue weighted by Crippen LogP contribution is -2.40. The van der Waals surface area contributed by atoms with Crippen molar-refractivity contribution in [3.8, 4) is 5.75 Å². The van der Waals surface area contributed by atoms with Crippen LogP contribution >= 0.6 is 0 Å². The predicted octanol–water partition coefficient (Wildman–Crippen LogP) is 5.08. The standard InChI is InChI=1S/C26H25N3O5/c1-34-22-10-7-18(8-11-22)25(30)19-13-15-28(16-14-19)26(31)20-9-12-23(24(17-20)29(32)33)27-21-5-3-2-4-6-21/h2-12,17,19,27H,13-16H2,1H3. The van der Waals surface area contributed by atoms with E-state index in [1.807, 2.05) is 18.2 Å². The fraction of sp³-hybridized carbons (Fsp3) is 0.231. The molecule has 1 aliphatic heterocycles. The van der Waals surface area contributed by atoms with Crippen molar-refractivity contribution in [1.82, 2.24) is 4.90 Å². The molecule has 3 aromatic carbocycles. The number of nitro benzene ring substituents is 1. The molecule has 4 rings (SSSR count). The Morgan fingerprint density at radius 1 is 0.971 bits per heavy atom. The molecule has 0 aliphatic carbocycles. The normalized spacial score (nSPS) is 13.9. The number of benzene rings is 3. The maximum atomic E-state index is 13.0. The van der Waals surface area contributed by atoms with Crippen LogP contribution in [0.25, 0.3) is 0 Å². The van der Waals surface area contributed by atoms with E-state index >= 15 is 0 Å². The Morgan fingerprint density at radius 3 is 2.24 bits per heavy atom. The van der Waals surface area contributed by atoms with Crippen LogP contribution in [0.5, 0.6) is 5.75 Å². The van der Waals surface area contributed by atoms with Crippen molar-refractivity contribution in [3.63, 3.8) is 0 Å². The smallest absolute Gasteiger partial charge is 0.293 e. The maximum Gasteiger partial charge on any atom is 0.293 e. The van der Waals surface area contributed by atoms with Crippen molar-refractivity contribution < 1.29 is 19.2 Å². The molecule has 1 amide bonds. The number of piperidine rings is 1. The number of amides is 1. The van der Waals surface area contributed by atoms with E-state index in [-0.39, 0.29) is 28.9 Å². The number of ketones is 1. The number of carbonyl (C=O) groups is 2. The Balaban J connectivity index is 1.42. The molecule has 0 aromatic heterocycles. The van der Waals surface area contributed by atoms with Gasteiger partial charge in [0.1, 0.15) is 11.4 Å². The van der Waals surface area contributed by atoms with Gasteiger partial charge in [-0.1, -0.05) is 18.2 Å². The first-order valence-electron chi connectivity index (χ1n) is 11.0. The molecule has 34 heavy (non-hydrogen) atoms. The lowest BCUT2D eigenvalue weighted by Gasteiger charge is -2.31. The Labute approximate surface area is 197 Å². The molecule has 3 aromatic rings. The average molecular weight is 460 g/mol. The van der Waals surface area contributed by atoms with Gasteiger partial charge in [-0.15, -0.1) is 0 Å². The van der Waals surface area contributed by atoms with Gasteiger partial charge < -0.3 is 15.0 Å². The summed E-state index contributed by atoms with van der Waals surface area (Å²) in [6, 6.07) is 20.6. The number of Topliss-reactive ketones (excluding diaryl/α,β-unsaturated/α-hetero) is 1. The molecule has 1 heterocycles. The van der Waals surface area contributed by atoms with E-state index in [0.29, 0.717) is 48.6 Å². The van der Waals surface area contributed by atoms with Crippen LogP contribution in [0.15, 0.2) is 72.8 Å². The quantitative estimate of drug-likeness (QED) is 0.300. The van der Waals surface area contributed by atoms with Crippen LogP contribution in [0.3, 0.4) is 0 Å². The zero-order valence-corrected chi connectivity index (χ0v) is 18.8. The summed E-state index contributed by atoms with van der Waals surface area (Å²) in [5.74, 6) is 0.312. The van der Waals surface area contributed by atoms with E-state index in [1.54, 1.807) is 60.5 Å². The third-order valence-electron chi connectivity index (χ3n) is 6.02. The van der Waals surface area contributed by atoms with Gasteiger partial charge in [0.25, 0.3) is 11.6 Å². The number of carbonyl (C=O) groups excluding carboxylic acids is 2. The second-order valence-electron chi connectivity index (χ2n) is 8.14. The Hall–Kier alpha value is -4.20. The third kappa shape index (κ3) is 5.06. The first kappa shape index (κ1) is 23.0. The molecule has 0 atom stereocenters. The summed E-state index contributed by atoms with van der Waals surface area (Å²) in [5, 5.41) is 14.7. The number of nitrogens with one attached hydrogen (secondary N) is 1. The highest BCUT2D eigenvalue weighted by atomic mass is 16.6. The van der Waals surface area contributed by atoms with Crippen molar-refractivity contribution >= 4 is 28.8 Å². The summed E-state index contributed by atoms with van der Waals surface area (Å²) in [6.07, 6.45) is 1.10. The van der Waals surface area contributed by atoms with Crippen LogP contribution in [-0.2, 0) is 0 Å². The number of ether oxygens (including phenoxy) is 1. The van der Waals surface area contributed by atoms with Gasteiger partial charge in [-0.05, 0) is 61.4 Å². The van der Waals surface area contributed by atoms with E-state index in [2.05, 4.69) is 5.32 Å². The van der Waals surface area contributed by atoms with E-state index in [1.165, 1.54) is 6.07 Å². The van der Waals surface area contributed by atoms with Crippen LogP contribution < -0.4 is 10.1 Å². The number of nitro groups is 1. The molecule has 8 heteroatoms.